The van der Waals surface area contributed by atoms with Gasteiger partial charge in [-0.25, -0.2) is 9.13 Å². The van der Waals surface area contributed by atoms with Crippen molar-refractivity contribution in [2.45, 2.75) is 205 Å². The van der Waals surface area contributed by atoms with Crippen LogP contribution in [0.5, 0.6) is 0 Å². The molecule has 0 saturated heterocycles. The van der Waals surface area contributed by atoms with E-state index in [-0.39, 0.29) is 24.7 Å². The van der Waals surface area contributed by atoms with Gasteiger partial charge < -0.3 is 44.6 Å². The number of carbonyl (C=O) groups is 2. The van der Waals surface area contributed by atoms with Crippen LogP contribution in [-0.4, -0.2) is 104 Å². The molecule has 0 spiro atoms. The van der Waals surface area contributed by atoms with E-state index in [1.54, 1.807) is 6.08 Å². The molecule has 0 aliphatic heterocycles. The lowest BCUT2D eigenvalue weighted by Crippen LogP contribution is -2.30. The summed E-state index contributed by atoms with van der Waals surface area (Å²) in [6, 6.07) is 0. The van der Waals surface area contributed by atoms with Crippen molar-refractivity contribution in [1.82, 2.24) is 0 Å². The summed E-state index contributed by atoms with van der Waals surface area (Å²) in [6.07, 6.45) is 19.9. The van der Waals surface area contributed by atoms with Crippen LogP contribution in [0.4, 0.5) is 0 Å². The van der Waals surface area contributed by atoms with Gasteiger partial charge >= 0.3 is 27.6 Å². The standard InChI is InChI=1S/C43H82O16P2/c1-4-6-17-23-35(44)27-28-39-38(40(46)29-41(39)47)24-19-15-16-20-25-42(48)55-32-37(33-58-61(53,54)57-31-36(45)30-56-60(50,51)52)59-43(49)26-21-14-12-10-8-7-9-11-13-18-22-34(3)5-2/h27-28,34-41,44-47H,4-26,29-33H2,1-3H3,(H,53,54)(H2,50,51,52)/b28-27+/t34?,35-,36-,37+,38+,39+,40-,41+/m0/s1. The van der Waals surface area contributed by atoms with Crippen molar-refractivity contribution in [2.75, 3.05) is 26.4 Å². The fourth-order valence-corrected chi connectivity index (χ4v) is 8.52. The van der Waals surface area contributed by atoms with Crippen molar-refractivity contribution in [1.29, 1.82) is 0 Å². The molecule has 9 atom stereocenters. The van der Waals surface area contributed by atoms with Crippen LogP contribution in [0.2, 0.25) is 0 Å². The van der Waals surface area contributed by atoms with Crippen LogP contribution in [-0.2, 0) is 41.8 Å². The third-order valence-electron chi connectivity index (χ3n) is 11.3. The number of aliphatic hydroxyl groups excluding tert-OH is 4. The van der Waals surface area contributed by atoms with Gasteiger partial charge in [-0.3, -0.25) is 23.2 Å². The van der Waals surface area contributed by atoms with Gasteiger partial charge in [0.15, 0.2) is 6.10 Å². The van der Waals surface area contributed by atoms with Crippen molar-refractivity contribution in [3.8, 4) is 0 Å². The van der Waals surface area contributed by atoms with Crippen molar-refractivity contribution >= 4 is 27.6 Å². The molecule has 18 heteroatoms. The lowest BCUT2D eigenvalue weighted by Gasteiger charge is -2.21. The number of hydrogen-bond acceptors (Lipinski definition) is 13. The molecule has 0 aromatic rings. The van der Waals surface area contributed by atoms with E-state index in [0.717, 1.165) is 63.7 Å². The Balaban J connectivity index is 2.52. The highest BCUT2D eigenvalue weighted by Crippen LogP contribution is 2.44. The zero-order valence-electron chi connectivity index (χ0n) is 37.3. The SMILES string of the molecule is CCCCC[C@H](O)/C=C/[C@@H]1[C@@H](CCCCCCC(=O)OC[C@H](COP(=O)(O)OC[C@@H](O)COP(=O)(O)O)OC(=O)CCCCCCCCCCCCC(C)CC)[C@@H](O)C[C@H]1O. The number of ether oxygens (including phenoxy) is 2. The fourth-order valence-electron chi connectivity index (χ4n) is 7.36. The molecule has 1 aliphatic carbocycles. The average Bonchev–Trinajstić information content (AvgIpc) is 3.48. The number of hydrogen-bond donors (Lipinski definition) is 7. The van der Waals surface area contributed by atoms with Crippen LogP contribution in [0.3, 0.4) is 0 Å². The smallest absolute Gasteiger partial charge is 0.462 e. The summed E-state index contributed by atoms with van der Waals surface area (Å²) in [5.41, 5.74) is 0. The van der Waals surface area contributed by atoms with Crippen molar-refractivity contribution < 1.29 is 76.9 Å². The number of carbonyl (C=O) groups excluding carboxylic acids is 2. The highest BCUT2D eigenvalue weighted by molar-refractivity contribution is 7.47. The zero-order chi connectivity index (χ0) is 45.5. The van der Waals surface area contributed by atoms with E-state index in [9.17, 15) is 44.0 Å². The monoisotopic (exact) mass is 917 g/mol. The van der Waals surface area contributed by atoms with Gasteiger partial charge in [-0.05, 0) is 37.5 Å². The second-order valence-corrected chi connectivity index (χ2v) is 19.6. The third-order valence-corrected chi connectivity index (χ3v) is 12.7. The predicted octanol–water partition coefficient (Wildman–Crippen LogP) is 7.97. The first-order valence-corrected chi connectivity index (χ1v) is 26.1. The van der Waals surface area contributed by atoms with Gasteiger partial charge in [0.25, 0.3) is 0 Å². The van der Waals surface area contributed by atoms with E-state index in [1.165, 1.54) is 44.9 Å². The van der Waals surface area contributed by atoms with Crippen LogP contribution >= 0.6 is 15.6 Å². The fraction of sp³-hybridized carbons (Fsp3) is 0.907. The summed E-state index contributed by atoms with van der Waals surface area (Å²) >= 11 is 0. The molecule has 1 aliphatic rings. The van der Waals surface area contributed by atoms with Gasteiger partial charge in [0.1, 0.15) is 12.7 Å². The Morgan fingerprint density at radius 3 is 1.82 bits per heavy atom. The molecule has 0 amide bonds. The second-order valence-electron chi connectivity index (χ2n) is 16.9. The van der Waals surface area contributed by atoms with Gasteiger partial charge in [-0.1, -0.05) is 142 Å². The Labute approximate surface area is 365 Å². The topological polar surface area (TPSA) is 256 Å². The van der Waals surface area contributed by atoms with E-state index < -0.39 is 84.5 Å². The number of phosphoric ester groups is 2. The Kier molecular flexibility index (Phi) is 32.3. The van der Waals surface area contributed by atoms with Crippen LogP contribution < -0.4 is 0 Å². The van der Waals surface area contributed by atoms with Crippen LogP contribution in [0.1, 0.15) is 175 Å². The molecule has 2 unspecified atom stereocenters. The van der Waals surface area contributed by atoms with E-state index in [1.807, 2.05) is 6.08 Å². The van der Waals surface area contributed by atoms with Gasteiger partial charge in [0, 0.05) is 25.2 Å². The van der Waals surface area contributed by atoms with Crippen molar-refractivity contribution in [3.63, 3.8) is 0 Å². The van der Waals surface area contributed by atoms with E-state index in [0.29, 0.717) is 38.5 Å². The number of aliphatic hydroxyl groups is 4. The molecule has 0 aromatic carbocycles. The number of unbranched alkanes of at least 4 members (excludes halogenated alkanes) is 14. The molecule has 1 rings (SSSR count). The molecule has 16 nitrogen and oxygen atoms in total. The largest absolute Gasteiger partial charge is 0.472 e. The minimum atomic E-state index is -4.89. The molecule has 1 fully saturated rings. The van der Waals surface area contributed by atoms with Gasteiger partial charge in [-0.15, -0.1) is 0 Å². The Bertz CT molecular complexity index is 1260. The zero-order valence-corrected chi connectivity index (χ0v) is 39.1. The Hall–Kier alpha value is -1.26. The molecule has 360 valence electrons. The molecule has 0 aromatic heterocycles. The molecule has 0 bridgehead atoms. The maximum Gasteiger partial charge on any atom is 0.472 e. The van der Waals surface area contributed by atoms with Crippen LogP contribution in [0, 0.1) is 17.8 Å². The molecule has 61 heavy (non-hydrogen) atoms. The van der Waals surface area contributed by atoms with E-state index in [2.05, 4.69) is 29.8 Å². The van der Waals surface area contributed by atoms with Gasteiger partial charge in [-0.2, -0.15) is 0 Å². The molecular weight excluding hydrogens is 834 g/mol. The summed E-state index contributed by atoms with van der Waals surface area (Å²) < 4.78 is 47.9. The van der Waals surface area contributed by atoms with Crippen molar-refractivity contribution in [3.05, 3.63) is 12.2 Å². The summed E-state index contributed by atoms with van der Waals surface area (Å²) in [7, 11) is -9.75. The summed E-state index contributed by atoms with van der Waals surface area (Å²) in [5.74, 6) is -0.717. The molecular formula is C43H82O16P2. The summed E-state index contributed by atoms with van der Waals surface area (Å²) in [6.45, 7) is 3.76. The maximum absolute atomic E-state index is 12.7. The number of rotatable bonds is 39. The molecule has 7 N–H and O–H groups in total. The second kappa shape index (κ2) is 34.1. The van der Waals surface area contributed by atoms with Crippen LogP contribution in [0.25, 0.3) is 0 Å². The van der Waals surface area contributed by atoms with E-state index >= 15 is 0 Å². The maximum atomic E-state index is 12.7. The highest BCUT2D eigenvalue weighted by Gasteiger charge is 2.39. The predicted molar refractivity (Wildman–Crippen MR) is 232 cm³/mol. The first-order valence-electron chi connectivity index (χ1n) is 23.0. The van der Waals surface area contributed by atoms with E-state index in [4.69, 9.17) is 23.8 Å². The minimum Gasteiger partial charge on any atom is -0.462 e. The summed E-state index contributed by atoms with van der Waals surface area (Å²) in [4.78, 5) is 53.0. The van der Waals surface area contributed by atoms with Crippen molar-refractivity contribution in [2.24, 2.45) is 17.8 Å². The lowest BCUT2D eigenvalue weighted by molar-refractivity contribution is -0.161. The molecule has 0 heterocycles. The Morgan fingerprint density at radius 2 is 1.21 bits per heavy atom. The first kappa shape index (κ1) is 57.8. The molecule has 0 radical (unpaired) electrons. The first-order chi connectivity index (χ1) is 29.0. The van der Waals surface area contributed by atoms with Gasteiger partial charge in [0.2, 0.25) is 0 Å². The number of esters is 2. The highest BCUT2D eigenvalue weighted by atomic mass is 31.2. The quantitative estimate of drug-likeness (QED) is 0.0134. The lowest BCUT2D eigenvalue weighted by atomic mass is 9.88. The Morgan fingerprint density at radius 1 is 0.672 bits per heavy atom. The average molecular weight is 917 g/mol. The third kappa shape index (κ3) is 31.3. The minimum absolute atomic E-state index is 0.0714. The van der Waals surface area contributed by atoms with Gasteiger partial charge in [0.05, 0.1) is 38.1 Å². The normalized spacial score (nSPS) is 21.3. The summed E-state index contributed by atoms with van der Waals surface area (Å²) in [5, 5.41) is 41.1. The van der Waals surface area contributed by atoms with Crippen LogP contribution in [0.15, 0.2) is 12.2 Å². The molecule has 1 saturated carbocycles. The number of phosphoric acid groups is 2.